The molecular weight excluding hydrogens is 372 g/mol. The Morgan fingerprint density at radius 1 is 1.00 bits per heavy atom. The Balaban J connectivity index is 2.27. The summed E-state index contributed by atoms with van der Waals surface area (Å²) < 4.78 is 0. The van der Waals surface area contributed by atoms with E-state index in [-0.39, 0.29) is 24.3 Å². The Bertz CT molecular complexity index is 779. The van der Waals surface area contributed by atoms with Gasteiger partial charge in [0.2, 0.25) is 11.8 Å². The number of rotatable bonds is 9. The zero-order valence-electron chi connectivity index (χ0n) is 16.8. The fourth-order valence-electron chi connectivity index (χ4n) is 3.05. The standard InChI is InChI=1S/C23H29ClN2O2/c1-4-17(3)25-23(28)21(5-2)26(16-18-11-7-6-8-12-18)22(27)15-19-13-9-10-14-20(19)24/h6-14,17,21H,4-5,15-16H2,1-3H3,(H,25,28)/t17-,21-/m1/s1. The van der Waals surface area contributed by atoms with Gasteiger partial charge in [-0.2, -0.15) is 0 Å². The molecule has 0 radical (unpaired) electrons. The second-order valence-corrected chi connectivity index (χ2v) is 7.42. The van der Waals surface area contributed by atoms with Crippen LogP contribution in [0.4, 0.5) is 0 Å². The summed E-state index contributed by atoms with van der Waals surface area (Å²) in [6, 6.07) is 16.6. The first-order valence-corrected chi connectivity index (χ1v) is 10.2. The van der Waals surface area contributed by atoms with E-state index in [1.54, 1.807) is 11.0 Å². The van der Waals surface area contributed by atoms with Crippen LogP contribution in [0.15, 0.2) is 54.6 Å². The van der Waals surface area contributed by atoms with Crippen molar-refractivity contribution in [2.24, 2.45) is 0 Å². The van der Waals surface area contributed by atoms with Crippen LogP contribution in [-0.4, -0.2) is 28.8 Å². The van der Waals surface area contributed by atoms with Gasteiger partial charge in [-0.3, -0.25) is 9.59 Å². The van der Waals surface area contributed by atoms with Crippen molar-refractivity contribution >= 4 is 23.4 Å². The van der Waals surface area contributed by atoms with E-state index in [9.17, 15) is 9.59 Å². The maximum Gasteiger partial charge on any atom is 0.243 e. The highest BCUT2D eigenvalue weighted by atomic mass is 35.5. The number of carbonyl (C=O) groups is 2. The van der Waals surface area contributed by atoms with Crippen molar-refractivity contribution in [1.29, 1.82) is 0 Å². The molecule has 0 saturated carbocycles. The van der Waals surface area contributed by atoms with Crippen LogP contribution in [-0.2, 0) is 22.6 Å². The Kier molecular flexibility index (Phi) is 8.52. The lowest BCUT2D eigenvalue weighted by atomic mass is 10.1. The minimum absolute atomic E-state index is 0.0683. The third-order valence-electron chi connectivity index (χ3n) is 4.88. The van der Waals surface area contributed by atoms with Crippen molar-refractivity contribution in [3.05, 3.63) is 70.7 Å². The first kappa shape index (κ1) is 22.0. The number of amides is 2. The van der Waals surface area contributed by atoms with E-state index >= 15 is 0 Å². The molecule has 1 N–H and O–H groups in total. The summed E-state index contributed by atoms with van der Waals surface area (Å²) in [5, 5.41) is 3.58. The summed E-state index contributed by atoms with van der Waals surface area (Å²) >= 11 is 6.25. The Morgan fingerprint density at radius 2 is 1.64 bits per heavy atom. The second-order valence-electron chi connectivity index (χ2n) is 7.02. The molecule has 0 unspecified atom stereocenters. The third-order valence-corrected chi connectivity index (χ3v) is 5.25. The van der Waals surface area contributed by atoms with Gasteiger partial charge in [-0.25, -0.2) is 0 Å². The van der Waals surface area contributed by atoms with Crippen LogP contribution in [0.25, 0.3) is 0 Å². The van der Waals surface area contributed by atoms with Crippen LogP contribution in [0, 0.1) is 0 Å². The van der Waals surface area contributed by atoms with Gasteiger partial charge < -0.3 is 10.2 Å². The van der Waals surface area contributed by atoms with Gasteiger partial charge in [0.05, 0.1) is 6.42 Å². The van der Waals surface area contributed by atoms with Gasteiger partial charge in [0, 0.05) is 17.6 Å². The van der Waals surface area contributed by atoms with Gasteiger partial charge in [0.25, 0.3) is 0 Å². The van der Waals surface area contributed by atoms with Gasteiger partial charge in [0.1, 0.15) is 6.04 Å². The third kappa shape index (κ3) is 6.10. The summed E-state index contributed by atoms with van der Waals surface area (Å²) in [4.78, 5) is 27.8. The molecule has 2 rings (SSSR count). The lowest BCUT2D eigenvalue weighted by Crippen LogP contribution is -2.51. The highest BCUT2D eigenvalue weighted by Crippen LogP contribution is 2.19. The van der Waals surface area contributed by atoms with Crippen molar-refractivity contribution in [3.63, 3.8) is 0 Å². The summed E-state index contributed by atoms with van der Waals surface area (Å²) in [6.45, 7) is 6.31. The van der Waals surface area contributed by atoms with Crippen LogP contribution in [0.1, 0.15) is 44.7 Å². The van der Waals surface area contributed by atoms with Gasteiger partial charge in [-0.15, -0.1) is 0 Å². The van der Waals surface area contributed by atoms with Crippen LogP contribution in [0.3, 0.4) is 0 Å². The molecule has 0 bridgehead atoms. The normalized spacial score (nSPS) is 12.9. The molecule has 5 heteroatoms. The highest BCUT2D eigenvalue weighted by molar-refractivity contribution is 6.31. The topological polar surface area (TPSA) is 49.4 Å². The van der Waals surface area contributed by atoms with E-state index in [0.29, 0.717) is 18.0 Å². The number of nitrogens with one attached hydrogen (secondary N) is 1. The fraction of sp³-hybridized carbons (Fsp3) is 0.391. The Hall–Kier alpha value is -2.33. The van der Waals surface area contributed by atoms with Crippen LogP contribution in [0.5, 0.6) is 0 Å². The molecule has 2 aromatic rings. The molecule has 2 atom stereocenters. The zero-order chi connectivity index (χ0) is 20.5. The summed E-state index contributed by atoms with van der Waals surface area (Å²) in [5.41, 5.74) is 1.76. The molecular formula is C23H29ClN2O2. The predicted molar refractivity (Wildman–Crippen MR) is 114 cm³/mol. The van der Waals surface area contributed by atoms with Crippen molar-refractivity contribution in [2.45, 2.75) is 58.7 Å². The maximum absolute atomic E-state index is 13.2. The van der Waals surface area contributed by atoms with Crippen molar-refractivity contribution in [3.8, 4) is 0 Å². The summed E-state index contributed by atoms with van der Waals surface area (Å²) in [7, 11) is 0. The van der Waals surface area contributed by atoms with Gasteiger partial charge >= 0.3 is 0 Å². The van der Waals surface area contributed by atoms with E-state index in [4.69, 9.17) is 11.6 Å². The number of hydrogen-bond donors (Lipinski definition) is 1. The molecule has 2 aromatic carbocycles. The smallest absolute Gasteiger partial charge is 0.243 e. The van der Waals surface area contributed by atoms with Crippen molar-refractivity contribution < 1.29 is 9.59 Å². The number of halogens is 1. The fourth-order valence-corrected chi connectivity index (χ4v) is 3.25. The van der Waals surface area contributed by atoms with E-state index < -0.39 is 6.04 Å². The van der Waals surface area contributed by atoms with E-state index in [2.05, 4.69) is 5.32 Å². The number of benzene rings is 2. The van der Waals surface area contributed by atoms with Crippen LogP contribution < -0.4 is 5.32 Å². The first-order valence-electron chi connectivity index (χ1n) is 9.83. The molecule has 0 heterocycles. The van der Waals surface area contributed by atoms with E-state index in [1.165, 1.54) is 0 Å². The van der Waals surface area contributed by atoms with Gasteiger partial charge in [-0.05, 0) is 37.0 Å². The molecule has 0 fully saturated rings. The minimum atomic E-state index is -0.524. The maximum atomic E-state index is 13.2. The number of carbonyl (C=O) groups excluding carboxylic acids is 2. The largest absolute Gasteiger partial charge is 0.352 e. The van der Waals surface area contributed by atoms with E-state index in [1.807, 2.05) is 69.3 Å². The monoisotopic (exact) mass is 400 g/mol. The molecule has 0 saturated heterocycles. The molecule has 28 heavy (non-hydrogen) atoms. The van der Waals surface area contributed by atoms with Gasteiger partial charge in [0.15, 0.2) is 0 Å². The summed E-state index contributed by atoms with van der Waals surface area (Å²) in [6.07, 6.45) is 1.55. The number of hydrogen-bond acceptors (Lipinski definition) is 2. The molecule has 0 aliphatic rings. The average molecular weight is 401 g/mol. The van der Waals surface area contributed by atoms with Crippen LogP contribution in [0.2, 0.25) is 5.02 Å². The average Bonchev–Trinajstić information content (AvgIpc) is 2.70. The lowest BCUT2D eigenvalue weighted by molar-refractivity contribution is -0.141. The van der Waals surface area contributed by atoms with Gasteiger partial charge in [-0.1, -0.05) is 74.0 Å². The molecule has 2 amide bonds. The quantitative estimate of drug-likeness (QED) is 0.668. The molecule has 0 aliphatic carbocycles. The zero-order valence-corrected chi connectivity index (χ0v) is 17.6. The van der Waals surface area contributed by atoms with E-state index in [0.717, 1.165) is 17.5 Å². The highest BCUT2D eigenvalue weighted by Gasteiger charge is 2.29. The molecule has 0 aromatic heterocycles. The van der Waals surface area contributed by atoms with Crippen LogP contribution >= 0.6 is 11.6 Å². The SMILES string of the molecule is CC[C@@H](C)NC(=O)[C@@H](CC)N(Cc1ccccc1)C(=O)Cc1ccccc1Cl. The Morgan fingerprint density at radius 3 is 2.25 bits per heavy atom. The Labute approximate surface area is 172 Å². The van der Waals surface area contributed by atoms with Crippen molar-refractivity contribution in [2.75, 3.05) is 0 Å². The predicted octanol–water partition coefficient (Wildman–Crippen LogP) is 4.60. The lowest BCUT2D eigenvalue weighted by Gasteiger charge is -2.31. The number of nitrogens with zero attached hydrogens (tertiary/aromatic N) is 1. The molecule has 0 spiro atoms. The second kappa shape index (κ2) is 10.9. The first-order chi connectivity index (χ1) is 13.5. The molecule has 4 nitrogen and oxygen atoms in total. The summed E-state index contributed by atoms with van der Waals surface area (Å²) in [5.74, 6) is -0.219. The molecule has 150 valence electrons. The van der Waals surface area contributed by atoms with Crippen molar-refractivity contribution in [1.82, 2.24) is 10.2 Å². The molecule has 0 aliphatic heterocycles. The minimum Gasteiger partial charge on any atom is -0.352 e.